The molecule has 1 aromatic heterocycles. The lowest BCUT2D eigenvalue weighted by molar-refractivity contribution is -0.134. The van der Waals surface area contributed by atoms with E-state index in [2.05, 4.69) is 15.0 Å². The number of amides is 1. The van der Waals surface area contributed by atoms with Crippen LogP contribution in [0.25, 0.3) is 10.8 Å². The number of methoxy groups -OCH3 is 1. The number of benzene rings is 1. The lowest BCUT2D eigenvalue weighted by atomic mass is 10.1. The maximum Gasteiger partial charge on any atom is 0.330 e. The second-order valence-electron chi connectivity index (χ2n) is 4.15. The number of esters is 1. The number of pyridine rings is 1. The number of carbonyl (C=O) groups excluding carboxylic acids is 2. The van der Waals surface area contributed by atoms with E-state index >= 15 is 0 Å². The van der Waals surface area contributed by atoms with Gasteiger partial charge in [-0.25, -0.2) is 4.79 Å². The zero-order valence-electron chi connectivity index (χ0n) is 11.3. The number of hydrogen-bond donors (Lipinski definition) is 1. The van der Waals surface area contributed by atoms with Gasteiger partial charge < -0.3 is 10.1 Å². The number of hydrogen-bond acceptors (Lipinski definition) is 4. The first-order chi connectivity index (χ1) is 10.1. The summed E-state index contributed by atoms with van der Waals surface area (Å²) < 4.78 is 4.45. The molecule has 0 aliphatic rings. The molecular formula is C15H13ClN2O3. The number of ether oxygens (including phenoxy) is 1. The van der Waals surface area contributed by atoms with Crippen LogP contribution in [0.3, 0.4) is 0 Å². The fourth-order valence-electron chi connectivity index (χ4n) is 1.83. The molecule has 0 atom stereocenters. The Bertz CT molecular complexity index is 713. The predicted molar refractivity (Wildman–Crippen MR) is 80.2 cm³/mol. The highest BCUT2D eigenvalue weighted by Gasteiger charge is 2.13. The number of rotatable bonds is 4. The average molecular weight is 305 g/mol. The van der Waals surface area contributed by atoms with Crippen LogP contribution in [0.4, 0.5) is 0 Å². The third kappa shape index (κ3) is 3.58. The monoisotopic (exact) mass is 304 g/mol. The van der Waals surface area contributed by atoms with Gasteiger partial charge in [-0.2, -0.15) is 0 Å². The molecule has 0 unspecified atom stereocenters. The van der Waals surface area contributed by atoms with Crippen LogP contribution in [0, 0.1) is 0 Å². The predicted octanol–water partition coefficient (Wildman–Crippen LogP) is 2.35. The van der Waals surface area contributed by atoms with Crippen LogP contribution in [-0.2, 0) is 9.53 Å². The Hall–Kier alpha value is -2.40. The molecule has 0 aliphatic carbocycles. The fourth-order valence-corrected chi connectivity index (χ4v) is 2.08. The van der Waals surface area contributed by atoms with Gasteiger partial charge in [0.2, 0.25) is 0 Å². The van der Waals surface area contributed by atoms with Crippen molar-refractivity contribution in [2.24, 2.45) is 0 Å². The van der Waals surface area contributed by atoms with E-state index in [0.29, 0.717) is 16.0 Å². The highest BCUT2D eigenvalue weighted by atomic mass is 35.5. The third-order valence-corrected chi connectivity index (χ3v) is 3.15. The van der Waals surface area contributed by atoms with Gasteiger partial charge >= 0.3 is 5.97 Å². The van der Waals surface area contributed by atoms with E-state index in [4.69, 9.17) is 11.6 Å². The summed E-state index contributed by atoms with van der Waals surface area (Å²) >= 11 is 6.10. The van der Waals surface area contributed by atoms with Gasteiger partial charge in [0.15, 0.2) is 0 Å². The summed E-state index contributed by atoms with van der Waals surface area (Å²) in [6, 6.07) is 5.30. The van der Waals surface area contributed by atoms with Gasteiger partial charge in [0.25, 0.3) is 5.91 Å². The van der Waals surface area contributed by atoms with Crippen LogP contribution in [0.2, 0.25) is 5.02 Å². The molecule has 108 valence electrons. The molecule has 1 heterocycles. The zero-order chi connectivity index (χ0) is 15.2. The molecule has 0 radical (unpaired) electrons. The van der Waals surface area contributed by atoms with Crippen molar-refractivity contribution in [1.29, 1.82) is 0 Å². The smallest absolute Gasteiger partial charge is 0.330 e. The van der Waals surface area contributed by atoms with Crippen LogP contribution >= 0.6 is 11.6 Å². The summed E-state index contributed by atoms with van der Waals surface area (Å²) in [6.07, 6.45) is 5.99. The normalized spacial score (nSPS) is 10.8. The first-order valence-electron chi connectivity index (χ1n) is 6.18. The number of carbonyl (C=O) groups is 2. The summed E-state index contributed by atoms with van der Waals surface area (Å²) in [5, 5.41) is 4.58. The number of aromatic nitrogens is 1. The average Bonchev–Trinajstić information content (AvgIpc) is 2.50. The molecular weight excluding hydrogens is 292 g/mol. The first-order valence-corrected chi connectivity index (χ1v) is 6.56. The van der Waals surface area contributed by atoms with Crippen molar-refractivity contribution in [3.05, 3.63) is 53.3 Å². The molecule has 1 N–H and O–H groups in total. The Morgan fingerprint density at radius 3 is 2.95 bits per heavy atom. The number of fused-ring (bicyclic) bond motifs is 1. The summed E-state index contributed by atoms with van der Waals surface area (Å²) in [5.74, 6) is -0.801. The molecule has 0 saturated carbocycles. The quantitative estimate of drug-likeness (QED) is 0.695. The van der Waals surface area contributed by atoms with E-state index < -0.39 is 5.97 Å². The van der Waals surface area contributed by atoms with Crippen LogP contribution in [0.15, 0.2) is 42.7 Å². The van der Waals surface area contributed by atoms with Gasteiger partial charge in [-0.1, -0.05) is 23.7 Å². The van der Waals surface area contributed by atoms with Gasteiger partial charge in [-0.15, -0.1) is 0 Å². The molecule has 2 aromatic rings. The molecule has 0 bridgehead atoms. The minimum atomic E-state index is -0.475. The number of halogens is 1. The van der Waals surface area contributed by atoms with E-state index in [1.165, 1.54) is 19.3 Å². The molecule has 21 heavy (non-hydrogen) atoms. The van der Waals surface area contributed by atoms with Crippen molar-refractivity contribution in [2.75, 3.05) is 13.7 Å². The summed E-state index contributed by atoms with van der Waals surface area (Å²) in [7, 11) is 1.29. The van der Waals surface area contributed by atoms with Crippen molar-refractivity contribution in [3.8, 4) is 0 Å². The van der Waals surface area contributed by atoms with Crippen LogP contribution < -0.4 is 5.32 Å². The summed E-state index contributed by atoms with van der Waals surface area (Å²) in [4.78, 5) is 27.1. The minimum Gasteiger partial charge on any atom is -0.466 e. The van der Waals surface area contributed by atoms with Gasteiger partial charge in [-0.3, -0.25) is 9.78 Å². The topological polar surface area (TPSA) is 68.3 Å². The van der Waals surface area contributed by atoms with Crippen molar-refractivity contribution in [2.45, 2.75) is 0 Å². The van der Waals surface area contributed by atoms with Gasteiger partial charge in [0.1, 0.15) is 0 Å². The molecule has 1 amide bonds. The molecule has 0 aliphatic heterocycles. The Morgan fingerprint density at radius 1 is 1.38 bits per heavy atom. The molecule has 5 nitrogen and oxygen atoms in total. The van der Waals surface area contributed by atoms with Gasteiger partial charge in [-0.05, 0) is 17.5 Å². The summed E-state index contributed by atoms with van der Waals surface area (Å²) in [6.45, 7) is 0.195. The van der Waals surface area contributed by atoms with E-state index in [9.17, 15) is 9.59 Å². The van der Waals surface area contributed by atoms with Crippen molar-refractivity contribution < 1.29 is 14.3 Å². The van der Waals surface area contributed by atoms with Gasteiger partial charge in [0.05, 0.1) is 17.7 Å². The lowest BCUT2D eigenvalue weighted by Crippen LogP contribution is -2.24. The first kappa shape index (κ1) is 15.0. The van der Waals surface area contributed by atoms with Crippen molar-refractivity contribution in [3.63, 3.8) is 0 Å². The molecule has 0 saturated heterocycles. The van der Waals surface area contributed by atoms with Crippen LogP contribution in [0.1, 0.15) is 10.4 Å². The van der Waals surface area contributed by atoms with E-state index in [1.807, 2.05) is 6.07 Å². The molecule has 2 rings (SSSR count). The number of nitrogens with one attached hydrogen (secondary N) is 1. The second kappa shape index (κ2) is 6.85. The third-order valence-electron chi connectivity index (χ3n) is 2.83. The van der Waals surface area contributed by atoms with E-state index in [-0.39, 0.29) is 12.5 Å². The fraction of sp³-hybridized carbons (Fsp3) is 0.133. The standard InChI is InChI=1S/C15H13ClN2O3/c1-21-13(19)3-2-7-18-15(20)14-11-9-17-8-6-10(11)4-5-12(14)16/h2-6,8-9H,7H2,1H3,(H,18,20)/b3-2+. The Kier molecular flexibility index (Phi) is 4.90. The summed E-state index contributed by atoms with van der Waals surface area (Å²) in [5.41, 5.74) is 0.369. The maximum atomic E-state index is 12.2. The van der Waals surface area contributed by atoms with Crippen LogP contribution in [0.5, 0.6) is 0 Å². The van der Waals surface area contributed by atoms with Crippen LogP contribution in [-0.4, -0.2) is 30.5 Å². The highest BCUT2D eigenvalue weighted by Crippen LogP contribution is 2.25. The highest BCUT2D eigenvalue weighted by molar-refractivity contribution is 6.35. The van der Waals surface area contributed by atoms with Crippen molar-refractivity contribution >= 4 is 34.2 Å². The van der Waals surface area contributed by atoms with E-state index in [1.54, 1.807) is 24.5 Å². The van der Waals surface area contributed by atoms with E-state index in [0.717, 1.165) is 5.39 Å². The lowest BCUT2D eigenvalue weighted by Gasteiger charge is -2.08. The number of nitrogens with zero attached hydrogens (tertiary/aromatic N) is 1. The maximum absolute atomic E-state index is 12.2. The zero-order valence-corrected chi connectivity index (χ0v) is 12.1. The Morgan fingerprint density at radius 2 is 2.19 bits per heavy atom. The SMILES string of the molecule is COC(=O)/C=C/CNC(=O)c1c(Cl)ccc2ccncc12. The minimum absolute atomic E-state index is 0.195. The van der Waals surface area contributed by atoms with Gasteiger partial charge in [0, 0.05) is 30.4 Å². The second-order valence-corrected chi connectivity index (χ2v) is 4.56. The largest absolute Gasteiger partial charge is 0.466 e. The molecule has 6 heteroatoms. The Balaban J connectivity index is 2.18. The Labute approximate surface area is 126 Å². The van der Waals surface area contributed by atoms with Crippen molar-refractivity contribution in [1.82, 2.24) is 10.3 Å². The molecule has 0 fully saturated rings. The molecule has 0 spiro atoms. The molecule has 1 aromatic carbocycles.